The molecule has 0 aromatic heterocycles. The molecular weight excluding hydrogens is 264 g/mol. The first-order valence-electron chi connectivity index (χ1n) is 5.98. The maximum Gasteiger partial charge on any atom is 0.337 e. The first-order chi connectivity index (χ1) is 8.95. The second-order valence-corrected chi connectivity index (χ2v) is 5.60. The molecule has 0 aliphatic carbocycles. The average molecular weight is 282 g/mol. The molecule has 20 heavy (non-hydrogen) atoms. The summed E-state index contributed by atoms with van der Waals surface area (Å²) in [5.74, 6) is -1.20. The number of aromatic carboxylic acids is 1. The van der Waals surface area contributed by atoms with E-state index in [0.717, 1.165) is 12.1 Å². The molecule has 0 spiro atoms. The van der Waals surface area contributed by atoms with Crippen LogP contribution in [0.2, 0.25) is 0 Å². The molecule has 0 fully saturated rings. The van der Waals surface area contributed by atoms with Gasteiger partial charge in [-0.15, -0.1) is 0 Å². The molecule has 0 aliphatic heterocycles. The van der Waals surface area contributed by atoms with E-state index in [2.05, 4.69) is 5.32 Å². The van der Waals surface area contributed by atoms with Crippen molar-refractivity contribution in [1.29, 1.82) is 0 Å². The Balaban J connectivity index is 3.31. The highest BCUT2D eigenvalue weighted by molar-refractivity contribution is 5.95. The third-order valence-electron chi connectivity index (χ3n) is 3.42. The highest BCUT2D eigenvalue weighted by Crippen LogP contribution is 2.30. The Morgan fingerprint density at radius 2 is 1.85 bits per heavy atom. The predicted octanol–water partition coefficient (Wildman–Crippen LogP) is 2.25. The topological polar surface area (TPSA) is 113 Å². The van der Waals surface area contributed by atoms with Crippen LogP contribution in [0.4, 0.5) is 11.4 Å². The van der Waals surface area contributed by atoms with E-state index >= 15 is 0 Å². The Labute approximate surface area is 116 Å². The number of hydrogen-bond acceptors (Lipinski definition) is 5. The minimum absolute atomic E-state index is 0.0899. The number of carbonyl (C=O) groups is 1. The van der Waals surface area contributed by atoms with E-state index in [0.29, 0.717) is 0 Å². The van der Waals surface area contributed by atoms with Crippen LogP contribution in [0, 0.1) is 10.1 Å². The number of benzene rings is 1. The van der Waals surface area contributed by atoms with Crippen LogP contribution in [0.15, 0.2) is 18.2 Å². The minimum Gasteiger partial charge on any atom is -0.478 e. The van der Waals surface area contributed by atoms with Gasteiger partial charge < -0.3 is 15.5 Å². The second kappa shape index (κ2) is 5.09. The van der Waals surface area contributed by atoms with E-state index in [1.807, 2.05) is 0 Å². The summed E-state index contributed by atoms with van der Waals surface area (Å²) in [7, 11) is 0. The third-order valence-corrected chi connectivity index (χ3v) is 3.42. The molecule has 0 atom stereocenters. The van der Waals surface area contributed by atoms with Crippen LogP contribution in [0.3, 0.4) is 0 Å². The van der Waals surface area contributed by atoms with Gasteiger partial charge in [0, 0.05) is 12.1 Å². The largest absolute Gasteiger partial charge is 0.478 e. The molecule has 0 aliphatic rings. The molecule has 110 valence electrons. The molecule has 0 unspecified atom stereocenters. The van der Waals surface area contributed by atoms with Crippen LogP contribution in [-0.2, 0) is 0 Å². The van der Waals surface area contributed by atoms with Crippen molar-refractivity contribution in [3.8, 4) is 0 Å². The third kappa shape index (κ3) is 3.24. The number of nitrogens with zero attached hydrogens (tertiary/aromatic N) is 1. The highest BCUT2D eigenvalue weighted by atomic mass is 16.6. The number of nitro groups is 1. The van der Waals surface area contributed by atoms with Crippen LogP contribution < -0.4 is 5.32 Å². The maximum atomic E-state index is 11.2. The predicted molar refractivity (Wildman–Crippen MR) is 74.1 cm³/mol. The van der Waals surface area contributed by atoms with E-state index < -0.39 is 22.0 Å². The molecule has 7 nitrogen and oxygen atoms in total. The molecule has 0 amide bonds. The zero-order valence-electron chi connectivity index (χ0n) is 11.8. The lowest BCUT2D eigenvalue weighted by molar-refractivity contribution is -0.384. The summed E-state index contributed by atoms with van der Waals surface area (Å²) in [5.41, 5.74) is -2.25. The fourth-order valence-corrected chi connectivity index (χ4v) is 1.43. The van der Waals surface area contributed by atoms with Gasteiger partial charge in [-0.1, -0.05) is 0 Å². The van der Waals surface area contributed by atoms with Crippen molar-refractivity contribution in [2.75, 3.05) is 5.32 Å². The lowest BCUT2D eigenvalue weighted by Crippen LogP contribution is -2.51. The van der Waals surface area contributed by atoms with Crippen molar-refractivity contribution in [3.63, 3.8) is 0 Å². The number of nitro benzene ring substituents is 1. The standard InChI is InChI=1S/C13H18N2O5/c1-12(2,13(3,4)18)14-10-7-8(15(19)20)5-6-9(10)11(16)17/h5-7,14,18H,1-4H3,(H,16,17). The van der Waals surface area contributed by atoms with E-state index in [9.17, 15) is 20.0 Å². The fourth-order valence-electron chi connectivity index (χ4n) is 1.43. The molecule has 3 N–H and O–H groups in total. The van der Waals surface area contributed by atoms with Gasteiger partial charge in [-0.25, -0.2) is 4.79 Å². The molecule has 7 heteroatoms. The smallest absolute Gasteiger partial charge is 0.337 e. The second-order valence-electron chi connectivity index (χ2n) is 5.60. The Bertz CT molecular complexity index is 546. The summed E-state index contributed by atoms with van der Waals surface area (Å²) in [6, 6.07) is 3.45. The van der Waals surface area contributed by atoms with E-state index in [-0.39, 0.29) is 16.9 Å². The van der Waals surface area contributed by atoms with Gasteiger partial charge in [-0.05, 0) is 33.8 Å². The van der Waals surface area contributed by atoms with Gasteiger partial charge in [0.1, 0.15) is 0 Å². The van der Waals surface area contributed by atoms with Gasteiger partial charge >= 0.3 is 5.97 Å². The number of non-ortho nitro benzene ring substituents is 1. The van der Waals surface area contributed by atoms with Gasteiger partial charge in [0.15, 0.2) is 0 Å². The van der Waals surface area contributed by atoms with Crippen molar-refractivity contribution in [2.24, 2.45) is 0 Å². The number of hydrogen-bond donors (Lipinski definition) is 3. The first-order valence-corrected chi connectivity index (χ1v) is 5.98. The van der Waals surface area contributed by atoms with Gasteiger partial charge in [0.25, 0.3) is 5.69 Å². The van der Waals surface area contributed by atoms with Crippen LogP contribution in [0.25, 0.3) is 0 Å². The molecule has 0 bridgehead atoms. The Kier molecular flexibility index (Phi) is 4.04. The maximum absolute atomic E-state index is 11.2. The number of nitrogens with one attached hydrogen (secondary N) is 1. The Hall–Kier alpha value is -2.15. The molecule has 0 saturated heterocycles. The van der Waals surface area contributed by atoms with Crippen molar-refractivity contribution in [3.05, 3.63) is 33.9 Å². The summed E-state index contributed by atoms with van der Waals surface area (Å²) in [6.45, 7) is 6.49. The van der Waals surface area contributed by atoms with E-state index in [1.165, 1.54) is 6.07 Å². The summed E-state index contributed by atoms with van der Waals surface area (Å²) < 4.78 is 0. The Morgan fingerprint density at radius 3 is 2.25 bits per heavy atom. The molecule has 0 saturated carbocycles. The SMILES string of the molecule is CC(C)(O)C(C)(C)Nc1cc([N+](=O)[O-])ccc1C(=O)O. The summed E-state index contributed by atoms with van der Waals surface area (Å²) in [4.78, 5) is 21.3. The summed E-state index contributed by atoms with van der Waals surface area (Å²) in [6.07, 6.45) is 0. The zero-order valence-corrected chi connectivity index (χ0v) is 11.8. The number of aliphatic hydroxyl groups is 1. The summed E-state index contributed by atoms with van der Waals surface area (Å²) in [5, 5.41) is 32.8. The van der Waals surface area contributed by atoms with Crippen LogP contribution in [0.5, 0.6) is 0 Å². The van der Waals surface area contributed by atoms with E-state index in [1.54, 1.807) is 27.7 Å². The monoisotopic (exact) mass is 282 g/mol. The highest BCUT2D eigenvalue weighted by Gasteiger charge is 2.36. The normalized spacial score (nSPS) is 12.1. The zero-order chi connectivity index (χ0) is 15.7. The van der Waals surface area contributed by atoms with E-state index in [4.69, 9.17) is 5.11 Å². The van der Waals surface area contributed by atoms with Gasteiger partial charge in [0.2, 0.25) is 0 Å². The molecule has 0 radical (unpaired) electrons. The summed E-state index contributed by atoms with van der Waals surface area (Å²) >= 11 is 0. The van der Waals surface area contributed by atoms with Gasteiger partial charge in [0.05, 0.1) is 27.3 Å². The lowest BCUT2D eigenvalue weighted by atomic mass is 9.85. The molecule has 1 aromatic carbocycles. The Morgan fingerprint density at radius 1 is 1.30 bits per heavy atom. The minimum atomic E-state index is -1.20. The van der Waals surface area contributed by atoms with Crippen LogP contribution >= 0.6 is 0 Å². The molecule has 0 heterocycles. The van der Waals surface area contributed by atoms with Crippen molar-refractivity contribution < 1.29 is 19.9 Å². The van der Waals surface area contributed by atoms with Crippen LogP contribution in [-0.4, -0.2) is 32.2 Å². The molecular formula is C13H18N2O5. The number of carboxylic acid groups (broad SMARTS) is 1. The molecule has 1 aromatic rings. The van der Waals surface area contributed by atoms with Gasteiger partial charge in [-0.3, -0.25) is 10.1 Å². The average Bonchev–Trinajstić information content (AvgIpc) is 2.26. The molecule has 1 rings (SSSR count). The fraction of sp³-hybridized carbons (Fsp3) is 0.462. The van der Waals surface area contributed by atoms with Crippen molar-refractivity contribution in [2.45, 2.75) is 38.8 Å². The van der Waals surface area contributed by atoms with Crippen molar-refractivity contribution in [1.82, 2.24) is 0 Å². The number of carboxylic acids is 1. The van der Waals surface area contributed by atoms with Crippen molar-refractivity contribution >= 4 is 17.3 Å². The van der Waals surface area contributed by atoms with Crippen LogP contribution in [0.1, 0.15) is 38.1 Å². The lowest BCUT2D eigenvalue weighted by Gasteiger charge is -2.39. The number of rotatable bonds is 5. The quantitative estimate of drug-likeness (QED) is 0.564. The first kappa shape index (κ1) is 15.9. The van der Waals surface area contributed by atoms with Gasteiger partial charge in [-0.2, -0.15) is 0 Å². The number of anilines is 1.